The first-order valence-electron chi connectivity index (χ1n) is 9.61. The third kappa shape index (κ3) is 4.65. The van der Waals surface area contributed by atoms with Gasteiger partial charge in [-0.3, -0.25) is 4.79 Å². The van der Waals surface area contributed by atoms with Crippen LogP contribution in [0.4, 0.5) is 13.9 Å². The fraction of sp³-hybridized carbons (Fsp3) is 0.238. The van der Waals surface area contributed by atoms with Crippen LogP contribution in [0.15, 0.2) is 58.8 Å². The van der Waals surface area contributed by atoms with Crippen molar-refractivity contribution in [3.63, 3.8) is 0 Å². The molecule has 1 aromatic heterocycles. The number of halogens is 2. The van der Waals surface area contributed by atoms with Gasteiger partial charge in [0.15, 0.2) is 16.8 Å². The molecule has 2 heterocycles. The minimum atomic E-state index is -3.57. The number of aromatic nitrogens is 1. The van der Waals surface area contributed by atoms with Crippen molar-refractivity contribution in [3.05, 3.63) is 65.5 Å². The monoisotopic (exact) mass is 463 g/mol. The summed E-state index contributed by atoms with van der Waals surface area (Å²) in [5.74, 6) is -2.47. The van der Waals surface area contributed by atoms with Crippen molar-refractivity contribution in [2.24, 2.45) is 5.92 Å². The maximum absolute atomic E-state index is 13.4. The van der Waals surface area contributed by atoms with E-state index < -0.39 is 21.7 Å². The molecule has 1 saturated heterocycles. The Morgan fingerprint density at radius 3 is 2.45 bits per heavy atom. The number of sulfonamides is 1. The molecule has 6 nitrogen and oxygen atoms in total. The second-order valence-corrected chi connectivity index (χ2v) is 9.94. The Hall–Kier alpha value is -2.69. The molecule has 1 N–H and O–H groups in total. The molecule has 1 fully saturated rings. The Morgan fingerprint density at radius 2 is 1.77 bits per heavy atom. The molecule has 0 unspecified atom stereocenters. The summed E-state index contributed by atoms with van der Waals surface area (Å²) in [4.78, 5) is 17.1. The molecular formula is C21H19F2N3O3S2. The number of amides is 1. The van der Waals surface area contributed by atoms with Crippen LogP contribution < -0.4 is 5.32 Å². The molecule has 0 atom stereocenters. The van der Waals surface area contributed by atoms with Crippen LogP contribution in [0.2, 0.25) is 0 Å². The Labute approximate surface area is 182 Å². The minimum Gasteiger partial charge on any atom is -0.302 e. The molecule has 0 saturated carbocycles. The lowest BCUT2D eigenvalue weighted by Gasteiger charge is -2.30. The van der Waals surface area contributed by atoms with Crippen molar-refractivity contribution in [1.29, 1.82) is 0 Å². The van der Waals surface area contributed by atoms with E-state index in [1.165, 1.54) is 21.7 Å². The number of rotatable bonds is 5. The molecule has 3 aromatic rings. The standard InChI is InChI=1S/C21H19F2N3O3S2/c22-17-7-6-15(12-18(17)23)19-13-30-21(24-19)25-20(27)14-8-10-26(11-9-14)31(28,29)16-4-2-1-3-5-16/h1-7,12-14H,8-11H2,(H,24,25,27). The number of carbonyl (C=O) groups is 1. The van der Waals surface area contributed by atoms with Crippen LogP contribution in [0.25, 0.3) is 11.3 Å². The van der Waals surface area contributed by atoms with E-state index in [9.17, 15) is 22.0 Å². The van der Waals surface area contributed by atoms with Crippen molar-refractivity contribution in [2.75, 3.05) is 18.4 Å². The number of benzene rings is 2. The van der Waals surface area contributed by atoms with E-state index in [1.54, 1.807) is 35.7 Å². The number of thiazole rings is 1. The summed E-state index contributed by atoms with van der Waals surface area (Å²) in [6.45, 7) is 0.514. The van der Waals surface area contributed by atoms with Gasteiger partial charge in [-0.05, 0) is 43.2 Å². The number of hydrogen-bond donors (Lipinski definition) is 1. The van der Waals surface area contributed by atoms with Crippen molar-refractivity contribution in [3.8, 4) is 11.3 Å². The Bertz CT molecular complexity index is 1190. The number of hydrogen-bond acceptors (Lipinski definition) is 5. The van der Waals surface area contributed by atoms with Crippen LogP contribution in [0, 0.1) is 17.6 Å². The second kappa shape index (κ2) is 8.81. The lowest BCUT2D eigenvalue weighted by atomic mass is 9.97. The van der Waals surface area contributed by atoms with E-state index in [2.05, 4.69) is 10.3 Å². The highest BCUT2D eigenvalue weighted by molar-refractivity contribution is 7.89. The third-order valence-electron chi connectivity index (χ3n) is 5.16. The summed E-state index contributed by atoms with van der Waals surface area (Å²) in [5, 5.41) is 4.75. The average Bonchev–Trinajstić information content (AvgIpc) is 3.25. The molecule has 1 amide bonds. The summed E-state index contributed by atoms with van der Waals surface area (Å²) >= 11 is 1.18. The lowest BCUT2D eigenvalue weighted by Crippen LogP contribution is -2.41. The predicted octanol–water partition coefficient (Wildman–Crippen LogP) is 4.13. The molecule has 1 aliphatic heterocycles. The third-order valence-corrected chi connectivity index (χ3v) is 7.83. The molecule has 0 radical (unpaired) electrons. The molecule has 1 aliphatic rings. The normalized spacial score (nSPS) is 15.7. The minimum absolute atomic E-state index is 0.233. The molecule has 0 spiro atoms. The fourth-order valence-corrected chi connectivity index (χ4v) is 5.64. The molecule has 2 aromatic carbocycles. The van der Waals surface area contributed by atoms with Gasteiger partial charge in [-0.1, -0.05) is 18.2 Å². The van der Waals surface area contributed by atoms with Crippen LogP contribution in [0.5, 0.6) is 0 Å². The Kier molecular flexibility index (Phi) is 6.12. The van der Waals surface area contributed by atoms with Crippen molar-refractivity contribution in [1.82, 2.24) is 9.29 Å². The number of carbonyl (C=O) groups excluding carboxylic acids is 1. The van der Waals surface area contributed by atoms with Gasteiger partial charge in [-0.25, -0.2) is 22.2 Å². The van der Waals surface area contributed by atoms with Gasteiger partial charge in [0.1, 0.15) is 0 Å². The van der Waals surface area contributed by atoms with Crippen LogP contribution in [-0.2, 0) is 14.8 Å². The van der Waals surface area contributed by atoms with Crippen molar-refractivity contribution in [2.45, 2.75) is 17.7 Å². The fourth-order valence-electron chi connectivity index (χ4n) is 3.43. The molecular weight excluding hydrogens is 444 g/mol. The maximum atomic E-state index is 13.4. The van der Waals surface area contributed by atoms with Gasteiger partial charge >= 0.3 is 0 Å². The first-order chi connectivity index (χ1) is 14.8. The highest BCUT2D eigenvalue weighted by atomic mass is 32.2. The second-order valence-electron chi connectivity index (χ2n) is 7.15. The van der Waals surface area contributed by atoms with E-state index in [0.717, 1.165) is 12.1 Å². The van der Waals surface area contributed by atoms with E-state index >= 15 is 0 Å². The zero-order chi connectivity index (χ0) is 22.0. The quantitative estimate of drug-likeness (QED) is 0.617. The average molecular weight is 464 g/mol. The summed E-state index contributed by atoms with van der Waals surface area (Å²) in [6, 6.07) is 11.7. The highest BCUT2D eigenvalue weighted by Gasteiger charge is 2.32. The smallest absolute Gasteiger partial charge is 0.243 e. The highest BCUT2D eigenvalue weighted by Crippen LogP contribution is 2.28. The number of nitrogens with zero attached hydrogens (tertiary/aromatic N) is 2. The van der Waals surface area contributed by atoms with E-state index in [1.807, 2.05) is 0 Å². The summed E-state index contributed by atoms with van der Waals surface area (Å²) in [5.41, 5.74) is 0.845. The molecule has 10 heteroatoms. The van der Waals surface area contributed by atoms with Crippen molar-refractivity contribution >= 4 is 32.4 Å². The lowest BCUT2D eigenvalue weighted by molar-refractivity contribution is -0.120. The first-order valence-corrected chi connectivity index (χ1v) is 11.9. The van der Waals surface area contributed by atoms with E-state index in [0.29, 0.717) is 29.2 Å². The number of anilines is 1. The van der Waals surface area contributed by atoms with Gasteiger partial charge in [0.2, 0.25) is 15.9 Å². The van der Waals surface area contributed by atoms with Gasteiger partial charge in [-0.15, -0.1) is 11.3 Å². The van der Waals surface area contributed by atoms with Crippen molar-refractivity contribution < 1.29 is 22.0 Å². The first kappa shape index (κ1) is 21.5. The number of piperidine rings is 1. The van der Waals surface area contributed by atoms with E-state index in [-0.39, 0.29) is 29.8 Å². The van der Waals surface area contributed by atoms with Crippen LogP contribution >= 0.6 is 11.3 Å². The van der Waals surface area contributed by atoms with Gasteiger partial charge < -0.3 is 5.32 Å². The zero-order valence-electron chi connectivity index (χ0n) is 16.3. The molecule has 4 rings (SSSR count). The largest absolute Gasteiger partial charge is 0.302 e. The summed E-state index contributed by atoms with van der Waals surface area (Å²) in [6.07, 6.45) is 0.804. The summed E-state index contributed by atoms with van der Waals surface area (Å²) in [7, 11) is -3.57. The van der Waals surface area contributed by atoms with E-state index in [4.69, 9.17) is 0 Å². The van der Waals surface area contributed by atoms with Gasteiger partial charge in [0.25, 0.3) is 0 Å². The molecule has 162 valence electrons. The van der Waals surface area contributed by atoms with Crippen LogP contribution in [-0.4, -0.2) is 36.7 Å². The van der Waals surface area contributed by atoms with Gasteiger partial charge in [0, 0.05) is 30.0 Å². The predicted molar refractivity (Wildman–Crippen MR) is 114 cm³/mol. The topological polar surface area (TPSA) is 79.4 Å². The van der Waals surface area contributed by atoms with Crippen LogP contribution in [0.3, 0.4) is 0 Å². The molecule has 31 heavy (non-hydrogen) atoms. The van der Waals surface area contributed by atoms with Gasteiger partial charge in [-0.2, -0.15) is 4.31 Å². The zero-order valence-corrected chi connectivity index (χ0v) is 17.9. The SMILES string of the molecule is O=C(Nc1nc(-c2ccc(F)c(F)c2)cs1)C1CCN(S(=O)(=O)c2ccccc2)CC1. The number of nitrogens with one attached hydrogen (secondary N) is 1. The van der Waals surface area contributed by atoms with Gasteiger partial charge in [0.05, 0.1) is 10.6 Å². The Morgan fingerprint density at radius 1 is 1.06 bits per heavy atom. The molecule has 0 bridgehead atoms. The Balaban J connectivity index is 1.37. The van der Waals surface area contributed by atoms with Crippen LogP contribution in [0.1, 0.15) is 12.8 Å². The maximum Gasteiger partial charge on any atom is 0.243 e. The summed E-state index contributed by atoms with van der Waals surface area (Å²) < 4.78 is 53.3. The molecule has 0 aliphatic carbocycles.